The van der Waals surface area contributed by atoms with Gasteiger partial charge in [-0.15, -0.1) is 0 Å². The van der Waals surface area contributed by atoms with Gasteiger partial charge in [-0.05, 0) is 33.2 Å². The molecule has 12 heteroatoms. The minimum atomic E-state index is -3.96. The number of aromatic nitrogens is 2. The number of benzene rings is 2. The molecule has 11 nitrogen and oxygen atoms in total. The van der Waals surface area contributed by atoms with Crippen LogP contribution >= 0.6 is 0 Å². The van der Waals surface area contributed by atoms with E-state index in [1.54, 1.807) is 0 Å². The number of hydrogen-bond donors (Lipinski definition) is 3. The van der Waals surface area contributed by atoms with E-state index in [-0.39, 0.29) is 44.5 Å². The molecule has 170 valence electrons. The molecule has 0 spiro atoms. The molecule has 0 unspecified atom stereocenters. The molecule has 0 aliphatic carbocycles. The molecule has 2 aromatic carbocycles. The van der Waals surface area contributed by atoms with Crippen molar-refractivity contribution < 1.29 is 32.4 Å². The summed E-state index contributed by atoms with van der Waals surface area (Å²) >= 11 is 0. The second-order valence-corrected chi connectivity index (χ2v) is 9.00. The fourth-order valence-electron chi connectivity index (χ4n) is 3.08. The van der Waals surface area contributed by atoms with E-state index in [1.165, 1.54) is 19.1 Å². The number of rotatable bonds is 7. The quantitative estimate of drug-likeness (QED) is 0.262. The summed E-state index contributed by atoms with van der Waals surface area (Å²) in [5, 5.41) is 23.5. The lowest BCUT2D eigenvalue weighted by molar-refractivity contribution is 0.0952. The highest BCUT2D eigenvalue weighted by Gasteiger charge is 2.23. The summed E-state index contributed by atoms with van der Waals surface area (Å²) in [6, 6.07) is 2.58. The van der Waals surface area contributed by atoms with Crippen LogP contribution in [0, 0.1) is 6.92 Å². The van der Waals surface area contributed by atoms with Crippen LogP contribution < -0.4 is 9.50 Å². The first kappa shape index (κ1) is 23.2. The Kier molecular flexibility index (Phi) is 6.19. The Balaban J connectivity index is 2.34. The normalized spacial score (nSPS) is 11.8. The maximum Gasteiger partial charge on any atom is 0.306 e. The van der Waals surface area contributed by atoms with Gasteiger partial charge in [-0.1, -0.05) is 0 Å². The number of aromatic hydroxyl groups is 2. The molecule has 1 heterocycles. The van der Waals surface area contributed by atoms with Crippen LogP contribution in [0.15, 0.2) is 12.1 Å². The van der Waals surface area contributed by atoms with Crippen LogP contribution in [0.1, 0.15) is 26.3 Å². The smallest absolute Gasteiger partial charge is 0.306 e. The van der Waals surface area contributed by atoms with Crippen LogP contribution in [-0.4, -0.2) is 79.1 Å². The predicted octanol–water partition coefficient (Wildman–Crippen LogP) is 0.945. The monoisotopic (exact) mass is 462 g/mol. The highest BCUT2D eigenvalue weighted by Crippen LogP contribution is 2.39. The number of carbonyl (C=O) groups excluding carboxylic acids is 2. The average Bonchev–Trinajstić information content (AvgIpc) is 2.70. The summed E-state index contributed by atoms with van der Waals surface area (Å²) in [7, 11) is -0.262. The van der Waals surface area contributed by atoms with Crippen molar-refractivity contribution in [3.05, 3.63) is 28.8 Å². The highest BCUT2D eigenvalue weighted by atomic mass is 32.2. The maximum absolute atomic E-state index is 12.8. The summed E-state index contributed by atoms with van der Waals surface area (Å²) in [4.78, 5) is 34.8. The summed E-state index contributed by atoms with van der Waals surface area (Å²) < 4.78 is 28.4. The molecule has 32 heavy (non-hydrogen) atoms. The third kappa shape index (κ3) is 4.41. The molecule has 0 radical (unpaired) electrons. The van der Waals surface area contributed by atoms with E-state index in [1.807, 2.05) is 19.0 Å². The largest absolute Gasteiger partial charge is 0.507 e. The van der Waals surface area contributed by atoms with Crippen LogP contribution in [0.25, 0.3) is 22.1 Å². The SMILES string of the molecule is Cc1c(O)c(C=O)c2nc3c(OS(C)(=O)=O)ccc(C(=O)NCCN(C)C)c3nc2c1O. The minimum Gasteiger partial charge on any atom is -0.507 e. The third-order valence-corrected chi connectivity index (χ3v) is 5.16. The van der Waals surface area contributed by atoms with E-state index in [2.05, 4.69) is 15.3 Å². The zero-order valence-electron chi connectivity index (χ0n) is 17.8. The molecule has 3 aromatic rings. The van der Waals surface area contributed by atoms with Crippen LogP contribution in [-0.2, 0) is 10.1 Å². The molecule has 1 aromatic heterocycles. The molecule has 1 amide bonds. The Hall–Kier alpha value is -3.51. The molecule has 0 aliphatic rings. The van der Waals surface area contributed by atoms with E-state index in [9.17, 15) is 28.2 Å². The molecule has 0 aliphatic heterocycles. The first-order chi connectivity index (χ1) is 14.9. The second kappa shape index (κ2) is 8.55. The Bertz CT molecular complexity index is 1350. The van der Waals surface area contributed by atoms with Gasteiger partial charge >= 0.3 is 10.1 Å². The maximum atomic E-state index is 12.8. The topological polar surface area (TPSA) is 159 Å². The van der Waals surface area contributed by atoms with Crippen molar-refractivity contribution in [2.45, 2.75) is 6.92 Å². The number of fused-ring (bicyclic) bond motifs is 2. The fraction of sp³-hybridized carbons (Fsp3) is 0.300. The number of nitrogens with zero attached hydrogens (tertiary/aromatic N) is 3. The molecule has 3 N–H and O–H groups in total. The number of amides is 1. The van der Waals surface area contributed by atoms with Crippen LogP contribution in [0.5, 0.6) is 17.2 Å². The van der Waals surface area contributed by atoms with Crippen LogP contribution in [0.4, 0.5) is 0 Å². The molecule has 0 fully saturated rings. The van der Waals surface area contributed by atoms with E-state index in [0.29, 0.717) is 19.4 Å². The molecular weight excluding hydrogens is 440 g/mol. The lowest BCUT2D eigenvalue weighted by Crippen LogP contribution is -2.31. The number of aldehydes is 1. The molecule has 0 saturated carbocycles. The molecule has 0 atom stereocenters. The van der Waals surface area contributed by atoms with Gasteiger partial charge in [0.05, 0.1) is 17.4 Å². The predicted molar refractivity (Wildman–Crippen MR) is 117 cm³/mol. The van der Waals surface area contributed by atoms with Gasteiger partial charge in [0.25, 0.3) is 5.91 Å². The average molecular weight is 462 g/mol. The van der Waals surface area contributed by atoms with E-state index < -0.39 is 27.5 Å². The lowest BCUT2D eigenvalue weighted by atomic mass is 10.0. The van der Waals surface area contributed by atoms with Gasteiger partial charge in [0.2, 0.25) is 0 Å². The lowest BCUT2D eigenvalue weighted by Gasteiger charge is -2.14. The zero-order valence-corrected chi connectivity index (χ0v) is 18.6. The van der Waals surface area contributed by atoms with Crippen molar-refractivity contribution in [1.29, 1.82) is 0 Å². The third-order valence-electron chi connectivity index (χ3n) is 4.68. The summed E-state index contributed by atoms with van der Waals surface area (Å²) in [5.74, 6) is -1.63. The van der Waals surface area contributed by atoms with E-state index in [0.717, 1.165) is 6.26 Å². The van der Waals surface area contributed by atoms with Crippen LogP contribution in [0.2, 0.25) is 0 Å². The van der Waals surface area contributed by atoms with Crippen molar-refractivity contribution in [3.8, 4) is 17.2 Å². The van der Waals surface area contributed by atoms with Gasteiger partial charge in [0.15, 0.2) is 12.0 Å². The molecule has 0 bridgehead atoms. The number of phenols is 2. The summed E-state index contributed by atoms with van der Waals surface area (Å²) in [5.41, 5.74) is -0.644. The van der Waals surface area contributed by atoms with Gasteiger partial charge in [0, 0.05) is 18.7 Å². The number of carbonyl (C=O) groups is 2. The minimum absolute atomic E-state index is 0.00813. The Labute approximate surface area is 183 Å². The van der Waals surface area contributed by atoms with Gasteiger partial charge in [-0.25, -0.2) is 9.97 Å². The highest BCUT2D eigenvalue weighted by molar-refractivity contribution is 7.86. The number of nitrogens with one attached hydrogen (secondary N) is 1. The molecule has 0 saturated heterocycles. The standard InChI is InChI=1S/C20H22N4O7S/c1-10-18(26)12(9-25)15-17(19(10)27)23-14-11(20(28)21-7-8-24(2)3)5-6-13(16(14)22-15)31-32(4,29)30/h5-6,9,26-27H,7-8H2,1-4H3,(H,21,28). The van der Waals surface area contributed by atoms with Gasteiger partial charge in [-0.2, -0.15) is 8.42 Å². The summed E-state index contributed by atoms with van der Waals surface area (Å²) in [6.45, 7) is 2.31. The number of likely N-dealkylation sites (N-methyl/N-ethyl adjacent to an activating group) is 1. The molecule has 3 rings (SSSR count). The fourth-order valence-corrected chi connectivity index (χ4v) is 3.54. The summed E-state index contributed by atoms with van der Waals surface area (Å²) in [6.07, 6.45) is 1.19. The zero-order chi connectivity index (χ0) is 23.8. The van der Waals surface area contributed by atoms with Crippen molar-refractivity contribution in [3.63, 3.8) is 0 Å². The second-order valence-electron chi connectivity index (χ2n) is 7.43. The van der Waals surface area contributed by atoms with E-state index in [4.69, 9.17) is 4.18 Å². The van der Waals surface area contributed by atoms with Gasteiger partial charge in [0.1, 0.15) is 33.6 Å². The van der Waals surface area contributed by atoms with Crippen molar-refractivity contribution in [2.24, 2.45) is 0 Å². The van der Waals surface area contributed by atoms with Crippen molar-refractivity contribution in [2.75, 3.05) is 33.4 Å². The Morgan fingerprint density at radius 3 is 2.38 bits per heavy atom. The molecular formula is C20H22N4O7S. The van der Waals surface area contributed by atoms with E-state index >= 15 is 0 Å². The van der Waals surface area contributed by atoms with Gasteiger partial charge < -0.3 is 24.6 Å². The van der Waals surface area contributed by atoms with Crippen molar-refractivity contribution in [1.82, 2.24) is 20.2 Å². The number of hydrogen-bond acceptors (Lipinski definition) is 10. The number of phenolic OH excluding ortho intramolecular Hbond substituents is 2. The van der Waals surface area contributed by atoms with Gasteiger partial charge in [-0.3, -0.25) is 9.59 Å². The Morgan fingerprint density at radius 1 is 1.12 bits per heavy atom. The first-order valence-corrected chi connectivity index (χ1v) is 11.2. The van der Waals surface area contributed by atoms with Crippen molar-refractivity contribution >= 4 is 44.4 Å². The first-order valence-electron chi connectivity index (χ1n) is 9.41. The van der Waals surface area contributed by atoms with Crippen LogP contribution in [0.3, 0.4) is 0 Å². The Morgan fingerprint density at radius 2 is 1.78 bits per heavy atom.